The van der Waals surface area contributed by atoms with Crippen molar-refractivity contribution >= 4 is 17.4 Å². The summed E-state index contributed by atoms with van der Waals surface area (Å²) in [7, 11) is 0. The van der Waals surface area contributed by atoms with E-state index >= 15 is 0 Å². The van der Waals surface area contributed by atoms with Crippen LogP contribution < -0.4 is 0 Å². The van der Waals surface area contributed by atoms with Crippen LogP contribution >= 0.6 is 11.6 Å². The molecule has 0 aliphatic rings. The fraction of sp³-hybridized carbons (Fsp3) is 0.364. The van der Waals surface area contributed by atoms with E-state index in [0.29, 0.717) is 12.3 Å². The molecule has 1 aromatic carbocycles. The summed E-state index contributed by atoms with van der Waals surface area (Å²) in [5.74, 6) is 0.696. The minimum Gasteiger partial charge on any atom is -0.300 e. The molecule has 0 saturated heterocycles. The van der Waals surface area contributed by atoms with Crippen molar-refractivity contribution in [1.82, 2.24) is 0 Å². The summed E-state index contributed by atoms with van der Waals surface area (Å²) in [6, 6.07) is 5.99. The van der Waals surface area contributed by atoms with E-state index in [0.717, 1.165) is 11.1 Å². The first-order chi connectivity index (χ1) is 6.13. The van der Waals surface area contributed by atoms with Crippen molar-refractivity contribution in [3.8, 4) is 0 Å². The van der Waals surface area contributed by atoms with Crippen molar-refractivity contribution in [2.24, 2.45) is 0 Å². The van der Waals surface area contributed by atoms with Crippen molar-refractivity contribution in [3.05, 3.63) is 34.9 Å². The monoisotopic (exact) mass is 196 g/mol. The molecular formula is C11H13ClO. The molecule has 0 bridgehead atoms. The Labute approximate surface area is 83.7 Å². The number of hydrogen-bond donors (Lipinski definition) is 0. The van der Waals surface area contributed by atoms with Crippen LogP contribution in [-0.4, -0.2) is 5.78 Å². The Hall–Kier alpha value is -0.820. The van der Waals surface area contributed by atoms with E-state index in [1.165, 1.54) is 5.56 Å². The highest BCUT2D eigenvalue weighted by Crippen LogP contribution is 2.13. The van der Waals surface area contributed by atoms with Crippen molar-refractivity contribution in [3.63, 3.8) is 0 Å². The molecule has 0 unspecified atom stereocenters. The molecule has 0 fully saturated rings. The largest absolute Gasteiger partial charge is 0.300 e. The minimum atomic E-state index is 0.185. The first-order valence-corrected chi connectivity index (χ1v) is 4.80. The number of rotatable bonds is 3. The zero-order valence-corrected chi connectivity index (χ0v) is 8.69. The highest BCUT2D eigenvalue weighted by atomic mass is 35.5. The Morgan fingerprint density at radius 1 is 1.46 bits per heavy atom. The van der Waals surface area contributed by atoms with Crippen LogP contribution in [0.4, 0.5) is 0 Å². The normalized spacial score (nSPS) is 10.1. The maximum Gasteiger partial charge on any atom is 0.134 e. The number of benzene rings is 1. The maximum absolute atomic E-state index is 10.9. The first-order valence-electron chi connectivity index (χ1n) is 4.27. The first kappa shape index (κ1) is 10.3. The summed E-state index contributed by atoms with van der Waals surface area (Å²) in [4.78, 5) is 10.9. The second-order valence-corrected chi connectivity index (χ2v) is 3.54. The van der Waals surface area contributed by atoms with Crippen LogP contribution in [0.25, 0.3) is 0 Å². The van der Waals surface area contributed by atoms with E-state index in [2.05, 4.69) is 0 Å². The third-order valence-electron chi connectivity index (χ3n) is 2.01. The van der Waals surface area contributed by atoms with Crippen molar-refractivity contribution < 1.29 is 4.79 Å². The minimum absolute atomic E-state index is 0.185. The van der Waals surface area contributed by atoms with Crippen LogP contribution in [0.5, 0.6) is 0 Å². The number of alkyl halides is 1. The smallest absolute Gasteiger partial charge is 0.134 e. The summed E-state index contributed by atoms with van der Waals surface area (Å²) in [6.07, 6.45) is 0.504. The van der Waals surface area contributed by atoms with E-state index in [1.807, 2.05) is 25.1 Å². The summed E-state index contributed by atoms with van der Waals surface area (Å²) in [5, 5.41) is 0. The summed E-state index contributed by atoms with van der Waals surface area (Å²) in [5.41, 5.74) is 3.34. The Kier molecular flexibility index (Phi) is 3.49. The third kappa shape index (κ3) is 2.85. The van der Waals surface area contributed by atoms with Gasteiger partial charge in [-0.2, -0.15) is 0 Å². The molecule has 0 aromatic heterocycles. The van der Waals surface area contributed by atoms with Crippen LogP contribution in [-0.2, 0) is 17.1 Å². The number of halogens is 1. The Bertz CT molecular complexity index is 318. The predicted molar refractivity (Wildman–Crippen MR) is 55.1 cm³/mol. The van der Waals surface area contributed by atoms with E-state index in [9.17, 15) is 4.79 Å². The zero-order chi connectivity index (χ0) is 9.84. The SMILES string of the molecule is CC(=O)Cc1ccc(C)c(CCl)c1. The van der Waals surface area contributed by atoms with Gasteiger partial charge in [-0.25, -0.2) is 0 Å². The lowest BCUT2D eigenvalue weighted by Crippen LogP contribution is -1.97. The summed E-state index contributed by atoms with van der Waals surface area (Å²) >= 11 is 5.76. The molecule has 1 aromatic rings. The van der Waals surface area contributed by atoms with Gasteiger partial charge in [0.05, 0.1) is 0 Å². The van der Waals surface area contributed by atoms with E-state index in [-0.39, 0.29) is 5.78 Å². The molecule has 0 aliphatic carbocycles. The maximum atomic E-state index is 10.9. The molecule has 0 N–H and O–H groups in total. The van der Waals surface area contributed by atoms with Crippen LogP contribution in [0.1, 0.15) is 23.6 Å². The molecule has 1 nitrogen and oxygen atoms in total. The van der Waals surface area contributed by atoms with Gasteiger partial charge in [-0.05, 0) is 30.5 Å². The quantitative estimate of drug-likeness (QED) is 0.680. The number of ketones is 1. The van der Waals surface area contributed by atoms with Crippen LogP contribution in [0, 0.1) is 6.92 Å². The molecular weight excluding hydrogens is 184 g/mol. The van der Waals surface area contributed by atoms with E-state index in [4.69, 9.17) is 11.6 Å². The molecule has 70 valence electrons. The Balaban J connectivity index is 2.92. The molecule has 0 saturated carbocycles. The van der Waals surface area contributed by atoms with Crippen molar-refractivity contribution in [2.45, 2.75) is 26.1 Å². The fourth-order valence-corrected chi connectivity index (χ4v) is 1.55. The van der Waals surface area contributed by atoms with Gasteiger partial charge in [-0.1, -0.05) is 18.2 Å². The van der Waals surface area contributed by atoms with Gasteiger partial charge in [0.1, 0.15) is 5.78 Å². The highest BCUT2D eigenvalue weighted by molar-refractivity contribution is 6.17. The number of aryl methyl sites for hydroxylation is 1. The number of carbonyl (C=O) groups excluding carboxylic acids is 1. The average molecular weight is 197 g/mol. The third-order valence-corrected chi connectivity index (χ3v) is 2.30. The molecule has 13 heavy (non-hydrogen) atoms. The standard InChI is InChI=1S/C11H13ClO/c1-8-3-4-10(5-9(2)13)6-11(8)7-12/h3-4,6H,5,7H2,1-2H3. The molecule has 0 atom stereocenters. The lowest BCUT2D eigenvalue weighted by molar-refractivity contribution is -0.116. The van der Waals surface area contributed by atoms with Gasteiger partial charge in [-0.15, -0.1) is 11.6 Å². The topological polar surface area (TPSA) is 17.1 Å². The predicted octanol–water partition coefficient (Wildman–Crippen LogP) is 2.87. The van der Waals surface area contributed by atoms with Crippen LogP contribution in [0.2, 0.25) is 0 Å². The molecule has 0 aliphatic heterocycles. The van der Waals surface area contributed by atoms with E-state index < -0.39 is 0 Å². The second-order valence-electron chi connectivity index (χ2n) is 3.27. The lowest BCUT2D eigenvalue weighted by atomic mass is 10.0. The lowest BCUT2D eigenvalue weighted by Gasteiger charge is -2.04. The second kappa shape index (κ2) is 4.43. The van der Waals surface area contributed by atoms with Gasteiger partial charge >= 0.3 is 0 Å². The average Bonchev–Trinajstić information content (AvgIpc) is 2.07. The Morgan fingerprint density at radius 3 is 2.69 bits per heavy atom. The zero-order valence-electron chi connectivity index (χ0n) is 7.93. The molecule has 1 rings (SSSR count). The molecule has 0 amide bonds. The molecule has 0 radical (unpaired) electrons. The van der Waals surface area contributed by atoms with Crippen LogP contribution in [0.15, 0.2) is 18.2 Å². The van der Waals surface area contributed by atoms with Gasteiger partial charge in [0.15, 0.2) is 0 Å². The van der Waals surface area contributed by atoms with Gasteiger partial charge in [0, 0.05) is 12.3 Å². The summed E-state index contributed by atoms with van der Waals surface area (Å²) < 4.78 is 0. The van der Waals surface area contributed by atoms with Gasteiger partial charge in [0.2, 0.25) is 0 Å². The number of Topliss-reactive ketones (excluding diaryl/α,β-unsaturated/α-hetero) is 1. The molecule has 2 heteroatoms. The number of carbonyl (C=O) groups is 1. The summed E-state index contributed by atoms with van der Waals surface area (Å²) in [6.45, 7) is 3.62. The van der Waals surface area contributed by atoms with Gasteiger partial charge in [-0.3, -0.25) is 4.79 Å². The van der Waals surface area contributed by atoms with Crippen molar-refractivity contribution in [1.29, 1.82) is 0 Å². The highest BCUT2D eigenvalue weighted by Gasteiger charge is 2.01. The van der Waals surface area contributed by atoms with E-state index in [1.54, 1.807) is 6.92 Å². The van der Waals surface area contributed by atoms with Gasteiger partial charge < -0.3 is 0 Å². The molecule has 0 spiro atoms. The van der Waals surface area contributed by atoms with Gasteiger partial charge in [0.25, 0.3) is 0 Å². The van der Waals surface area contributed by atoms with Crippen molar-refractivity contribution in [2.75, 3.05) is 0 Å². The molecule has 0 heterocycles. The fourth-order valence-electron chi connectivity index (χ4n) is 1.27. The van der Waals surface area contributed by atoms with Crippen LogP contribution in [0.3, 0.4) is 0 Å². The Morgan fingerprint density at radius 2 is 2.15 bits per heavy atom. The number of hydrogen-bond acceptors (Lipinski definition) is 1.